The first-order chi connectivity index (χ1) is 9.04. The van der Waals surface area contributed by atoms with Crippen LogP contribution in [-0.4, -0.2) is 19.3 Å². The van der Waals surface area contributed by atoms with Crippen molar-refractivity contribution < 1.29 is 0 Å². The largest absolute Gasteiger partial charge is 0.361 e. The summed E-state index contributed by atoms with van der Waals surface area (Å²) < 4.78 is 3.47. The molecule has 2 rings (SSSR count). The van der Waals surface area contributed by atoms with Crippen molar-refractivity contribution in [3.05, 3.63) is 39.7 Å². The molecular formula is C13H19N5O. The molecule has 0 amide bonds. The summed E-state index contributed by atoms with van der Waals surface area (Å²) in [6.45, 7) is 7.11. The summed E-state index contributed by atoms with van der Waals surface area (Å²) in [7, 11) is 1.91. The molecule has 0 bridgehead atoms. The number of hydrogen-bond acceptors (Lipinski definition) is 4. The van der Waals surface area contributed by atoms with E-state index in [1.54, 1.807) is 17.0 Å². The molecule has 0 aliphatic carbocycles. The minimum atomic E-state index is -0.0933. The van der Waals surface area contributed by atoms with Gasteiger partial charge in [0.2, 0.25) is 0 Å². The first-order valence-corrected chi connectivity index (χ1v) is 6.33. The number of aryl methyl sites for hydroxylation is 3. The lowest BCUT2D eigenvalue weighted by Gasteiger charge is -2.07. The smallest absolute Gasteiger partial charge is 0.293 e. The molecule has 0 aliphatic rings. The van der Waals surface area contributed by atoms with Gasteiger partial charge < -0.3 is 9.88 Å². The van der Waals surface area contributed by atoms with E-state index in [2.05, 4.69) is 15.4 Å². The van der Waals surface area contributed by atoms with E-state index in [1.807, 2.05) is 32.5 Å². The summed E-state index contributed by atoms with van der Waals surface area (Å²) in [5.41, 5.74) is 3.08. The van der Waals surface area contributed by atoms with Crippen molar-refractivity contribution in [3.8, 4) is 0 Å². The molecule has 0 atom stereocenters. The van der Waals surface area contributed by atoms with E-state index in [9.17, 15) is 4.79 Å². The van der Waals surface area contributed by atoms with E-state index < -0.39 is 0 Å². The third kappa shape index (κ3) is 2.52. The highest BCUT2D eigenvalue weighted by Gasteiger charge is 2.10. The topological polar surface area (TPSA) is 64.7 Å². The Morgan fingerprint density at radius 3 is 2.68 bits per heavy atom. The van der Waals surface area contributed by atoms with Gasteiger partial charge in [-0.3, -0.25) is 9.48 Å². The van der Waals surface area contributed by atoms with Crippen LogP contribution in [0.15, 0.2) is 17.2 Å². The number of nitrogens with zero attached hydrogens (tertiary/aromatic N) is 4. The summed E-state index contributed by atoms with van der Waals surface area (Å²) in [5.74, 6) is 0.381. The lowest BCUT2D eigenvalue weighted by Crippen LogP contribution is -2.23. The van der Waals surface area contributed by atoms with Crippen LogP contribution in [0.1, 0.15) is 23.9 Å². The Morgan fingerprint density at radius 2 is 2.11 bits per heavy atom. The highest BCUT2D eigenvalue weighted by molar-refractivity contribution is 5.35. The number of hydrogen-bond donors (Lipinski definition) is 1. The van der Waals surface area contributed by atoms with Crippen LogP contribution in [0.3, 0.4) is 0 Å². The van der Waals surface area contributed by atoms with E-state index in [4.69, 9.17) is 0 Å². The van der Waals surface area contributed by atoms with Gasteiger partial charge in [-0.05, 0) is 20.8 Å². The van der Waals surface area contributed by atoms with Crippen LogP contribution >= 0.6 is 0 Å². The summed E-state index contributed by atoms with van der Waals surface area (Å²) >= 11 is 0. The third-order valence-corrected chi connectivity index (χ3v) is 3.35. The van der Waals surface area contributed by atoms with Crippen molar-refractivity contribution in [3.63, 3.8) is 0 Å². The molecule has 0 saturated carbocycles. The fourth-order valence-corrected chi connectivity index (χ4v) is 2.06. The summed E-state index contributed by atoms with van der Waals surface area (Å²) in [4.78, 5) is 16.1. The third-order valence-electron chi connectivity index (χ3n) is 3.35. The van der Waals surface area contributed by atoms with Crippen molar-refractivity contribution in [2.45, 2.75) is 33.9 Å². The minimum Gasteiger partial charge on any atom is -0.361 e. The van der Waals surface area contributed by atoms with Crippen LogP contribution in [0.4, 0.5) is 5.82 Å². The molecule has 2 aromatic heterocycles. The van der Waals surface area contributed by atoms with E-state index in [-0.39, 0.29) is 5.56 Å². The molecule has 2 heterocycles. The van der Waals surface area contributed by atoms with Gasteiger partial charge in [-0.15, -0.1) is 0 Å². The van der Waals surface area contributed by atoms with Crippen LogP contribution in [0.25, 0.3) is 0 Å². The van der Waals surface area contributed by atoms with Crippen LogP contribution in [0, 0.1) is 13.8 Å². The second-order valence-electron chi connectivity index (χ2n) is 4.49. The number of anilines is 1. The maximum absolute atomic E-state index is 12.0. The Morgan fingerprint density at radius 1 is 1.37 bits per heavy atom. The van der Waals surface area contributed by atoms with Crippen LogP contribution < -0.4 is 10.9 Å². The quantitative estimate of drug-likeness (QED) is 0.899. The van der Waals surface area contributed by atoms with Crippen molar-refractivity contribution in [2.24, 2.45) is 7.05 Å². The van der Waals surface area contributed by atoms with E-state index in [0.717, 1.165) is 17.0 Å². The fourth-order valence-electron chi connectivity index (χ4n) is 2.06. The number of aromatic nitrogens is 4. The molecule has 6 nitrogen and oxygen atoms in total. The Labute approximate surface area is 112 Å². The molecular weight excluding hydrogens is 242 g/mol. The predicted octanol–water partition coefficient (Wildman–Crippen LogP) is 1.23. The van der Waals surface area contributed by atoms with Gasteiger partial charge in [0.1, 0.15) is 0 Å². The Balaban J connectivity index is 2.22. The zero-order chi connectivity index (χ0) is 14.0. The van der Waals surface area contributed by atoms with Crippen molar-refractivity contribution in [1.82, 2.24) is 19.3 Å². The normalized spacial score (nSPS) is 10.7. The van der Waals surface area contributed by atoms with Gasteiger partial charge in [-0.1, -0.05) is 0 Å². The van der Waals surface area contributed by atoms with Gasteiger partial charge in [0.15, 0.2) is 5.82 Å². The average molecular weight is 261 g/mol. The highest BCUT2D eigenvalue weighted by atomic mass is 16.1. The zero-order valence-corrected chi connectivity index (χ0v) is 11.8. The molecule has 6 heteroatoms. The summed E-state index contributed by atoms with van der Waals surface area (Å²) in [6, 6.07) is 0. The van der Waals surface area contributed by atoms with E-state index >= 15 is 0 Å². The molecule has 0 spiro atoms. The van der Waals surface area contributed by atoms with Crippen molar-refractivity contribution in [1.29, 1.82) is 0 Å². The highest BCUT2D eigenvalue weighted by Crippen LogP contribution is 2.12. The number of rotatable bonds is 4. The Kier molecular flexibility index (Phi) is 3.69. The lowest BCUT2D eigenvalue weighted by molar-refractivity contribution is 0.718. The van der Waals surface area contributed by atoms with Gasteiger partial charge in [0.25, 0.3) is 5.56 Å². The van der Waals surface area contributed by atoms with Crippen LogP contribution in [-0.2, 0) is 20.1 Å². The van der Waals surface area contributed by atoms with Crippen molar-refractivity contribution >= 4 is 5.82 Å². The second kappa shape index (κ2) is 5.26. The van der Waals surface area contributed by atoms with E-state index in [0.29, 0.717) is 18.9 Å². The lowest BCUT2D eigenvalue weighted by atomic mass is 10.2. The van der Waals surface area contributed by atoms with Crippen LogP contribution in [0.5, 0.6) is 0 Å². The van der Waals surface area contributed by atoms with Gasteiger partial charge in [-0.2, -0.15) is 5.10 Å². The molecule has 2 aromatic rings. The molecule has 0 radical (unpaired) electrons. The molecule has 102 valence electrons. The van der Waals surface area contributed by atoms with Gasteiger partial charge in [-0.25, -0.2) is 4.98 Å². The maximum Gasteiger partial charge on any atom is 0.293 e. The Bertz CT molecular complexity index is 641. The summed E-state index contributed by atoms with van der Waals surface area (Å²) in [5, 5.41) is 7.45. The minimum absolute atomic E-state index is 0.0933. The monoisotopic (exact) mass is 261 g/mol. The maximum atomic E-state index is 12.0. The number of nitrogens with one attached hydrogen (secondary N) is 1. The molecule has 0 unspecified atom stereocenters. The Hall–Kier alpha value is -2.11. The molecule has 0 saturated heterocycles. The first-order valence-electron chi connectivity index (χ1n) is 6.33. The molecule has 19 heavy (non-hydrogen) atoms. The molecule has 0 aromatic carbocycles. The molecule has 0 fully saturated rings. The van der Waals surface area contributed by atoms with E-state index in [1.165, 1.54) is 0 Å². The van der Waals surface area contributed by atoms with Gasteiger partial charge >= 0.3 is 0 Å². The van der Waals surface area contributed by atoms with Gasteiger partial charge in [0, 0.05) is 43.8 Å². The standard InChI is InChI=1S/C13H19N5O/c1-5-18-7-6-14-12(13(18)19)15-8-11-9(2)16-17(4)10(11)3/h6-7H,5,8H2,1-4H3,(H,14,15). The van der Waals surface area contributed by atoms with Gasteiger partial charge in [0.05, 0.1) is 5.69 Å². The zero-order valence-electron chi connectivity index (χ0n) is 11.8. The first kappa shape index (κ1) is 13.3. The second-order valence-corrected chi connectivity index (χ2v) is 4.49. The predicted molar refractivity (Wildman–Crippen MR) is 74.2 cm³/mol. The average Bonchev–Trinajstić information content (AvgIpc) is 2.63. The summed E-state index contributed by atoms with van der Waals surface area (Å²) in [6.07, 6.45) is 3.32. The van der Waals surface area contributed by atoms with Crippen molar-refractivity contribution in [2.75, 3.05) is 5.32 Å². The fraction of sp³-hybridized carbons (Fsp3) is 0.462. The molecule has 0 aliphatic heterocycles. The SMILES string of the molecule is CCn1ccnc(NCc2c(C)nn(C)c2C)c1=O. The van der Waals surface area contributed by atoms with Crippen LogP contribution in [0.2, 0.25) is 0 Å². The molecule has 1 N–H and O–H groups in total.